The summed E-state index contributed by atoms with van der Waals surface area (Å²) in [6.07, 6.45) is 1.04. The molecule has 2 aromatic rings. The van der Waals surface area contributed by atoms with E-state index in [9.17, 15) is 18.0 Å². The van der Waals surface area contributed by atoms with E-state index in [-0.39, 0.29) is 23.3 Å². The standard InChI is InChI=1S/C25H31N3O5S/c1-5-21-25(30)27-20-12-17(4)23(13-22(20)33-21)34(31,32)28-8-6-7-18(14-28)24(29)26-19-10-15(2)9-16(3)11-19/h9-13,18,21H,5-8,14H2,1-4H3,(H,26,29)(H,27,30)/t18-,21+/m1/s1. The Morgan fingerprint density at radius 3 is 2.53 bits per heavy atom. The van der Waals surface area contributed by atoms with Crippen LogP contribution in [-0.2, 0) is 19.6 Å². The number of sulfonamides is 1. The first kappa shape index (κ1) is 24.2. The molecule has 0 radical (unpaired) electrons. The smallest absolute Gasteiger partial charge is 0.265 e. The van der Waals surface area contributed by atoms with Crippen LogP contribution in [-0.4, -0.2) is 43.7 Å². The Kier molecular flexibility index (Phi) is 6.69. The number of amides is 2. The second-order valence-electron chi connectivity index (χ2n) is 9.19. The third-order valence-corrected chi connectivity index (χ3v) is 8.34. The van der Waals surface area contributed by atoms with Gasteiger partial charge in [0.1, 0.15) is 5.75 Å². The minimum absolute atomic E-state index is 0.116. The topological polar surface area (TPSA) is 105 Å². The molecule has 0 unspecified atom stereocenters. The maximum absolute atomic E-state index is 13.6. The number of aryl methyl sites for hydroxylation is 3. The van der Waals surface area contributed by atoms with Crippen molar-refractivity contribution in [1.82, 2.24) is 4.31 Å². The zero-order valence-electron chi connectivity index (χ0n) is 20.0. The van der Waals surface area contributed by atoms with Crippen LogP contribution in [0.15, 0.2) is 35.2 Å². The SMILES string of the molecule is CC[C@@H]1Oc2cc(S(=O)(=O)N3CCC[C@@H](C(=O)Nc4cc(C)cc(C)c4)C3)c(C)cc2NC1=O. The molecule has 0 saturated carbocycles. The lowest BCUT2D eigenvalue weighted by Gasteiger charge is -2.32. The number of anilines is 2. The van der Waals surface area contributed by atoms with Crippen molar-refractivity contribution in [2.24, 2.45) is 5.92 Å². The van der Waals surface area contributed by atoms with E-state index in [1.54, 1.807) is 13.0 Å². The van der Waals surface area contributed by atoms with Crippen molar-refractivity contribution in [3.8, 4) is 5.75 Å². The van der Waals surface area contributed by atoms with Crippen LogP contribution in [0.1, 0.15) is 42.9 Å². The third-order valence-electron chi connectivity index (χ3n) is 6.33. The van der Waals surface area contributed by atoms with Gasteiger partial charge in [0.25, 0.3) is 5.91 Å². The van der Waals surface area contributed by atoms with Crippen molar-refractivity contribution in [3.63, 3.8) is 0 Å². The van der Waals surface area contributed by atoms with Crippen LogP contribution < -0.4 is 15.4 Å². The highest BCUT2D eigenvalue weighted by Crippen LogP contribution is 2.36. The fourth-order valence-corrected chi connectivity index (χ4v) is 6.38. The minimum atomic E-state index is -3.86. The van der Waals surface area contributed by atoms with Gasteiger partial charge in [-0.15, -0.1) is 0 Å². The fraction of sp³-hybridized carbons (Fsp3) is 0.440. The van der Waals surface area contributed by atoms with Crippen molar-refractivity contribution in [1.29, 1.82) is 0 Å². The third kappa shape index (κ3) is 4.81. The summed E-state index contributed by atoms with van der Waals surface area (Å²) < 4.78 is 34.3. The van der Waals surface area contributed by atoms with Crippen molar-refractivity contribution in [2.75, 3.05) is 23.7 Å². The van der Waals surface area contributed by atoms with Gasteiger partial charge in [-0.05, 0) is 74.9 Å². The molecule has 1 saturated heterocycles. The Hall–Kier alpha value is -2.91. The highest BCUT2D eigenvalue weighted by atomic mass is 32.2. The highest BCUT2D eigenvalue weighted by molar-refractivity contribution is 7.89. The van der Waals surface area contributed by atoms with Crippen LogP contribution in [0.3, 0.4) is 0 Å². The monoisotopic (exact) mass is 485 g/mol. The van der Waals surface area contributed by atoms with Crippen molar-refractivity contribution < 1.29 is 22.7 Å². The van der Waals surface area contributed by atoms with Gasteiger partial charge in [0.2, 0.25) is 15.9 Å². The van der Waals surface area contributed by atoms with Crippen LogP contribution in [0, 0.1) is 26.7 Å². The molecule has 34 heavy (non-hydrogen) atoms. The number of carbonyl (C=O) groups excluding carboxylic acids is 2. The first-order chi connectivity index (χ1) is 16.1. The molecule has 9 heteroatoms. The molecule has 2 amide bonds. The summed E-state index contributed by atoms with van der Waals surface area (Å²) in [4.78, 5) is 25.2. The Balaban J connectivity index is 1.54. The van der Waals surface area contributed by atoms with E-state index in [0.29, 0.717) is 42.8 Å². The highest BCUT2D eigenvalue weighted by Gasteiger charge is 2.36. The molecule has 4 rings (SSSR count). The normalized spacial score (nSPS) is 20.8. The van der Waals surface area contributed by atoms with Crippen LogP contribution >= 0.6 is 0 Å². The summed E-state index contributed by atoms with van der Waals surface area (Å²) >= 11 is 0. The van der Waals surface area contributed by atoms with Crippen LogP contribution in [0.25, 0.3) is 0 Å². The van der Waals surface area contributed by atoms with Crippen LogP contribution in [0.4, 0.5) is 11.4 Å². The van der Waals surface area contributed by atoms with Crippen molar-refractivity contribution in [2.45, 2.75) is 58.0 Å². The molecule has 8 nitrogen and oxygen atoms in total. The molecule has 182 valence electrons. The molecule has 0 aliphatic carbocycles. The number of hydrogen-bond acceptors (Lipinski definition) is 5. The molecule has 0 aromatic heterocycles. The maximum atomic E-state index is 13.6. The van der Waals surface area contributed by atoms with E-state index in [1.165, 1.54) is 10.4 Å². The van der Waals surface area contributed by atoms with Gasteiger partial charge < -0.3 is 15.4 Å². The van der Waals surface area contributed by atoms with E-state index >= 15 is 0 Å². The number of nitrogens with one attached hydrogen (secondary N) is 2. The Bertz CT molecular complexity index is 1220. The van der Waals surface area contributed by atoms with E-state index < -0.39 is 22.0 Å². The van der Waals surface area contributed by atoms with Gasteiger partial charge in [-0.25, -0.2) is 8.42 Å². The van der Waals surface area contributed by atoms with E-state index in [4.69, 9.17) is 4.74 Å². The lowest BCUT2D eigenvalue weighted by molar-refractivity contribution is -0.123. The number of nitrogens with zero attached hydrogens (tertiary/aromatic N) is 1. The quantitative estimate of drug-likeness (QED) is 0.671. The van der Waals surface area contributed by atoms with Gasteiger partial charge in [-0.2, -0.15) is 4.31 Å². The number of ether oxygens (including phenoxy) is 1. The van der Waals surface area contributed by atoms with Crippen LogP contribution in [0.2, 0.25) is 0 Å². The van der Waals surface area contributed by atoms with Gasteiger partial charge in [-0.1, -0.05) is 13.0 Å². The van der Waals surface area contributed by atoms with Gasteiger partial charge in [0.15, 0.2) is 6.10 Å². The molecular weight excluding hydrogens is 454 g/mol. The Morgan fingerprint density at radius 2 is 1.85 bits per heavy atom. The molecular formula is C25H31N3O5S. The van der Waals surface area contributed by atoms with Crippen molar-refractivity contribution in [3.05, 3.63) is 47.0 Å². The zero-order chi connectivity index (χ0) is 24.6. The van der Waals surface area contributed by atoms with Gasteiger partial charge in [0, 0.05) is 24.8 Å². The minimum Gasteiger partial charge on any atom is -0.478 e. The first-order valence-corrected chi connectivity index (χ1v) is 13.0. The van der Waals surface area contributed by atoms with E-state index in [1.807, 2.05) is 39.0 Å². The molecule has 0 bridgehead atoms. The molecule has 1 fully saturated rings. The number of fused-ring (bicyclic) bond motifs is 1. The van der Waals surface area contributed by atoms with E-state index in [2.05, 4.69) is 10.6 Å². The predicted octanol–water partition coefficient (Wildman–Crippen LogP) is 3.76. The summed E-state index contributed by atoms with van der Waals surface area (Å²) in [5.74, 6) is -0.512. The number of hydrogen-bond donors (Lipinski definition) is 2. The number of piperidine rings is 1. The average Bonchev–Trinajstić information content (AvgIpc) is 2.77. The first-order valence-electron chi connectivity index (χ1n) is 11.6. The van der Waals surface area contributed by atoms with Gasteiger partial charge in [0.05, 0.1) is 16.5 Å². The molecule has 2 aromatic carbocycles. The molecule has 2 N–H and O–H groups in total. The Labute approximate surface area is 200 Å². The summed E-state index contributed by atoms with van der Waals surface area (Å²) in [6, 6.07) is 8.95. The molecule has 2 atom stereocenters. The zero-order valence-corrected chi connectivity index (χ0v) is 20.8. The largest absolute Gasteiger partial charge is 0.478 e. The summed E-state index contributed by atoms with van der Waals surface area (Å²) in [6.45, 7) is 7.93. The fourth-order valence-electron chi connectivity index (χ4n) is 4.64. The molecule has 0 spiro atoms. The van der Waals surface area contributed by atoms with Crippen LogP contribution in [0.5, 0.6) is 5.75 Å². The summed E-state index contributed by atoms with van der Waals surface area (Å²) in [7, 11) is -3.86. The lowest BCUT2D eigenvalue weighted by atomic mass is 9.98. The molecule has 2 heterocycles. The summed E-state index contributed by atoms with van der Waals surface area (Å²) in [5.41, 5.74) is 3.80. The lowest BCUT2D eigenvalue weighted by Crippen LogP contribution is -2.44. The van der Waals surface area contributed by atoms with Crippen molar-refractivity contribution >= 4 is 33.2 Å². The predicted molar refractivity (Wildman–Crippen MR) is 131 cm³/mol. The number of carbonyl (C=O) groups is 2. The molecule has 2 aliphatic heterocycles. The van der Waals surface area contributed by atoms with Gasteiger partial charge >= 0.3 is 0 Å². The maximum Gasteiger partial charge on any atom is 0.265 e. The second-order valence-corrected chi connectivity index (χ2v) is 11.1. The Morgan fingerprint density at radius 1 is 1.15 bits per heavy atom. The summed E-state index contributed by atoms with van der Waals surface area (Å²) in [5, 5.41) is 5.74. The second kappa shape index (κ2) is 9.38. The number of benzene rings is 2. The number of rotatable bonds is 5. The van der Waals surface area contributed by atoms with E-state index in [0.717, 1.165) is 16.8 Å². The average molecular weight is 486 g/mol. The molecule has 2 aliphatic rings. The van der Waals surface area contributed by atoms with Gasteiger partial charge in [-0.3, -0.25) is 9.59 Å².